The second kappa shape index (κ2) is 36.8. The Morgan fingerprint density at radius 2 is 0.695 bits per heavy atom. The summed E-state index contributed by atoms with van der Waals surface area (Å²) in [7, 11) is -21.9. The molecule has 0 saturated carbocycles. The second-order valence-electron chi connectivity index (χ2n) is 13.8. The molecule has 0 aliphatic heterocycles. The quantitative estimate of drug-likeness (QED) is 0.0188. The molecule has 0 aromatic carbocycles. The van der Waals surface area contributed by atoms with Gasteiger partial charge in [0.15, 0.2) is 0 Å². The first-order chi connectivity index (χ1) is 27.7. The van der Waals surface area contributed by atoms with Gasteiger partial charge in [0.2, 0.25) is 0 Å². The predicted octanol–water partition coefficient (Wildman–Crippen LogP) is 10.5. The van der Waals surface area contributed by atoms with Crippen molar-refractivity contribution < 1.29 is 111 Å². The molecule has 0 aliphatic carbocycles. The predicted molar refractivity (Wildman–Crippen MR) is 214 cm³/mol. The molecule has 0 aromatic rings. The zero-order chi connectivity index (χ0) is 45.1. The van der Waals surface area contributed by atoms with Crippen LogP contribution >= 0.6 is 31.3 Å². The number of carboxylic acids is 1. The van der Waals surface area contributed by atoms with Gasteiger partial charge in [-0.2, -0.15) is 8.62 Å². The van der Waals surface area contributed by atoms with Crippen LogP contribution in [0, 0.1) is 0 Å². The maximum absolute atomic E-state index is 13.8. The summed E-state index contributed by atoms with van der Waals surface area (Å²) >= 11 is -3.79. The van der Waals surface area contributed by atoms with E-state index in [9.17, 15) is 43.1 Å². The zero-order valence-electron chi connectivity index (χ0n) is 35.5. The summed E-state index contributed by atoms with van der Waals surface area (Å²) in [5.74, 6) is -6.83. The molecule has 0 saturated heterocycles. The van der Waals surface area contributed by atoms with E-state index in [2.05, 4.69) is 13.8 Å². The van der Waals surface area contributed by atoms with Gasteiger partial charge in [0.05, 0.1) is 26.4 Å². The third-order valence-corrected chi connectivity index (χ3v) is 14.4. The molecule has 0 rings (SSSR count). The molecule has 0 fully saturated rings. The van der Waals surface area contributed by atoms with E-state index in [-0.39, 0.29) is 26.1 Å². The topological polar surface area (TPSA) is 298 Å². The summed E-state index contributed by atoms with van der Waals surface area (Å²) in [6.45, 7) is 6.64. The van der Waals surface area contributed by atoms with Gasteiger partial charge in [-0.25, -0.2) is 32.1 Å². The van der Waals surface area contributed by atoms with Crippen LogP contribution in [0.15, 0.2) is 0 Å². The molecule has 0 heterocycles. The number of hydrogen-bond acceptors (Lipinski definition) is 15. The van der Waals surface area contributed by atoms with E-state index in [4.69, 9.17) is 44.9 Å². The number of carboxylic acid groups (broad SMARTS) is 1. The number of unbranched alkanes of at least 4 members (excludes halogenated alkanes) is 20. The van der Waals surface area contributed by atoms with Gasteiger partial charge in [0.1, 0.15) is 0 Å². The molecule has 20 nitrogen and oxygen atoms in total. The minimum atomic E-state index is -5.66. The molecular formula is C34H74O20P4Zr. The van der Waals surface area contributed by atoms with E-state index in [1.54, 1.807) is 0 Å². The van der Waals surface area contributed by atoms with E-state index < -0.39 is 79.1 Å². The van der Waals surface area contributed by atoms with Crippen LogP contribution in [0.1, 0.15) is 182 Å². The van der Waals surface area contributed by atoms with Crippen LogP contribution in [-0.4, -0.2) is 64.7 Å². The average Bonchev–Trinajstić information content (AvgIpc) is 3.12. The van der Waals surface area contributed by atoms with Gasteiger partial charge >= 0.3 is 75.0 Å². The molecule has 6 N–H and O–H groups in total. The zero-order valence-corrected chi connectivity index (χ0v) is 41.5. The number of hydrogen-bond donors (Lipinski definition) is 6. The fraction of sp³-hybridized carbons (Fsp3) is 0.971. The van der Waals surface area contributed by atoms with Gasteiger partial charge in [-0.1, -0.05) is 156 Å². The van der Waals surface area contributed by atoms with Crippen molar-refractivity contribution in [2.75, 3.05) is 26.4 Å². The van der Waals surface area contributed by atoms with Gasteiger partial charge in [-0.05, 0) is 25.7 Å². The number of phosphoric ester groups is 4. The maximum atomic E-state index is 13.8. The van der Waals surface area contributed by atoms with Crippen molar-refractivity contribution in [2.24, 2.45) is 0 Å². The Labute approximate surface area is 360 Å². The molecule has 354 valence electrons. The number of carbonyl (C=O) groups is 1. The minimum absolute atomic E-state index is 0.216. The average molecular weight is 1020 g/mol. The van der Waals surface area contributed by atoms with Crippen LogP contribution in [0.2, 0.25) is 0 Å². The van der Waals surface area contributed by atoms with Crippen LogP contribution in [0.4, 0.5) is 0 Å². The van der Waals surface area contributed by atoms with Gasteiger partial charge in [0, 0.05) is 0 Å². The Morgan fingerprint density at radius 3 is 0.932 bits per heavy atom. The van der Waals surface area contributed by atoms with E-state index in [0.717, 1.165) is 103 Å². The molecular weight excluding hydrogens is 943 g/mol. The Balaban J connectivity index is 0. The summed E-state index contributed by atoms with van der Waals surface area (Å²) in [6, 6.07) is 0. The number of aliphatic carboxylic acids is 1. The van der Waals surface area contributed by atoms with Gasteiger partial charge in [-0.3, -0.25) is 18.1 Å². The van der Waals surface area contributed by atoms with Crippen molar-refractivity contribution in [1.29, 1.82) is 0 Å². The second-order valence-corrected chi connectivity index (χ2v) is 21.5. The first kappa shape index (κ1) is 61.6. The standard InChI is InChI=1S/C34H72O17P4.2H2O.O.Zr/c1-5-9-13-17-21-25-29-44-52(38,39)50-54(42,46-31-27-23-19-15-11-7-3)48-34(37,33(35)36)49-55(43,47-32-28-24-20-16-12-8-4)51-53(40,41)45-30-26-22-18-14-10-6-2;;;;/h37H,5-32H2,1-4H3,(H,35,36)(H,38,39)(H,40,41);2*1H2;;/q;;;;+2/p-2. The fourth-order valence-electron chi connectivity index (χ4n) is 5.07. The first-order valence-corrected chi connectivity index (χ1v) is 30.0. The van der Waals surface area contributed by atoms with Crippen molar-refractivity contribution >= 4 is 37.3 Å². The van der Waals surface area contributed by atoms with Gasteiger partial charge < -0.3 is 20.0 Å². The van der Waals surface area contributed by atoms with E-state index in [1.807, 2.05) is 13.8 Å². The van der Waals surface area contributed by atoms with Crippen LogP contribution < -0.4 is 0 Å². The molecule has 0 bridgehead atoms. The number of rotatable bonds is 41. The summed E-state index contributed by atoms with van der Waals surface area (Å²) in [5.41, 5.74) is 0. The van der Waals surface area contributed by atoms with Crippen molar-refractivity contribution in [1.82, 2.24) is 0 Å². The third-order valence-electron chi connectivity index (χ3n) is 8.15. The number of aliphatic hydroxyl groups is 1. The summed E-state index contributed by atoms with van der Waals surface area (Å²) < 4.78 is 116. The van der Waals surface area contributed by atoms with Gasteiger partial charge in [0.25, 0.3) is 0 Å². The van der Waals surface area contributed by atoms with E-state index in [0.29, 0.717) is 38.5 Å². The van der Waals surface area contributed by atoms with Crippen LogP contribution in [0.25, 0.3) is 0 Å². The number of phosphoric acid groups is 4. The van der Waals surface area contributed by atoms with Crippen LogP contribution in [0.5, 0.6) is 0 Å². The van der Waals surface area contributed by atoms with E-state index in [1.165, 1.54) is 0 Å². The molecule has 0 aliphatic rings. The molecule has 0 radical (unpaired) electrons. The third kappa shape index (κ3) is 37.6. The summed E-state index contributed by atoms with van der Waals surface area (Å²) in [5, 5.41) is 21.0. The molecule has 0 aromatic heterocycles. The Hall–Kier alpha value is 0.553. The Morgan fingerprint density at radius 1 is 0.475 bits per heavy atom. The first-order valence-electron chi connectivity index (χ1n) is 20.9. The Kier molecular flexibility index (Phi) is 38.5. The molecule has 0 spiro atoms. The van der Waals surface area contributed by atoms with Crippen molar-refractivity contribution in [3.05, 3.63) is 0 Å². The molecule has 4 atom stereocenters. The molecule has 25 heteroatoms. The van der Waals surface area contributed by atoms with Crippen LogP contribution in [-0.2, 0) is 84.3 Å². The summed E-state index contributed by atoms with van der Waals surface area (Å²) in [6.07, 6.45) is 18.5. The van der Waals surface area contributed by atoms with Crippen LogP contribution in [0.3, 0.4) is 0 Å². The summed E-state index contributed by atoms with van der Waals surface area (Å²) in [4.78, 5) is 33.2. The Bertz CT molecular complexity index is 1200. The van der Waals surface area contributed by atoms with E-state index >= 15 is 0 Å². The molecule has 0 amide bonds. The molecule has 4 unspecified atom stereocenters. The SMILES string of the molecule is CCCCCCCCOP(=O)(O)OP(=O)(OCCCCCCCC)OC(O)(OP(=O)(OCCCCCCCC)OP(=O)(O)OCCCCCCCC)C(=O)O.[O]=[Zr]([OH])[OH]. The normalized spacial score (nSPS) is 16.8. The van der Waals surface area contributed by atoms with Crippen molar-refractivity contribution in [3.63, 3.8) is 0 Å². The molecule has 59 heavy (non-hydrogen) atoms. The monoisotopic (exact) mass is 1020 g/mol. The van der Waals surface area contributed by atoms with Crippen molar-refractivity contribution in [2.45, 2.75) is 188 Å². The van der Waals surface area contributed by atoms with Gasteiger partial charge in [-0.15, -0.1) is 0 Å². The fourth-order valence-corrected chi connectivity index (χ4v) is 10.5. The van der Waals surface area contributed by atoms with Crippen molar-refractivity contribution in [3.8, 4) is 0 Å².